The molecule has 0 N–H and O–H groups in total. The minimum absolute atomic E-state index is 0.00338. The molecule has 0 bridgehead atoms. The summed E-state index contributed by atoms with van der Waals surface area (Å²) in [5.41, 5.74) is 1.94. The number of hydrogen-bond acceptors (Lipinski definition) is 4. The molecule has 5 heteroatoms. The third-order valence-electron chi connectivity index (χ3n) is 6.13. The third-order valence-corrected chi connectivity index (χ3v) is 10.1. The van der Waals surface area contributed by atoms with E-state index in [1.807, 2.05) is 43.3 Å². The molecular formula is C29H25NO3P+. The molecule has 0 radical (unpaired) electrons. The van der Waals surface area contributed by atoms with Crippen molar-refractivity contribution >= 4 is 34.1 Å². The van der Waals surface area contributed by atoms with Crippen LogP contribution < -0.4 is 26.3 Å². The van der Waals surface area contributed by atoms with Crippen LogP contribution in [0.25, 0.3) is 22.0 Å². The highest BCUT2D eigenvalue weighted by Gasteiger charge is 2.42. The van der Waals surface area contributed by atoms with E-state index in [1.165, 1.54) is 15.9 Å². The number of hydrogen-bond donors (Lipinski definition) is 0. The smallest absolute Gasteiger partial charge is 0.397 e. The number of fused-ring (bicyclic) bond motifs is 1. The lowest BCUT2D eigenvalue weighted by Gasteiger charge is -2.25. The average Bonchev–Trinajstić information content (AvgIpc) is 2.89. The van der Waals surface area contributed by atoms with Crippen molar-refractivity contribution in [2.24, 2.45) is 0 Å². The van der Waals surface area contributed by atoms with Crippen molar-refractivity contribution in [2.75, 3.05) is 13.3 Å². The fraction of sp³-hybridized carbons (Fsp3) is 0.103. The number of rotatable bonds is 6. The summed E-state index contributed by atoms with van der Waals surface area (Å²) in [6.45, 7) is 4.55. The van der Waals surface area contributed by atoms with Crippen molar-refractivity contribution in [3.63, 3.8) is 0 Å². The van der Waals surface area contributed by atoms with Gasteiger partial charge in [0.1, 0.15) is 23.2 Å². The highest BCUT2D eigenvalue weighted by atomic mass is 31.2. The minimum atomic E-state index is -2.02. The topological polar surface area (TPSA) is 52.3 Å². The Bertz CT molecular complexity index is 1460. The van der Waals surface area contributed by atoms with E-state index < -0.39 is 12.9 Å². The molecule has 0 aliphatic carbocycles. The van der Waals surface area contributed by atoms with E-state index in [1.54, 1.807) is 0 Å². The molecule has 0 fully saturated rings. The molecule has 0 saturated carbocycles. The molecule has 4 aromatic carbocycles. The lowest BCUT2D eigenvalue weighted by Crippen LogP contribution is -2.31. The maximum Gasteiger partial charge on any atom is 0.397 e. The maximum absolute atomic E-state index is 13.1. The molecule has 5 aromatic rings. The van der Waals surface area contributed by atoms with E-state index in [9.17, 15) is 4.79 Å². The Morgan fingerprint density at radius 2 is 1.35 bits per heavy atom. The molecule has 5 rings (SSSR count). The van der Waals surface area contributed by atoms with Gasteiger partial charge in [-0.3, -0.25) is 0 Å². The van der Waals surface area contributed by atoms with Gasteiger partial charge in [-0.1, -0.05) is 66.7 Å². The van der Waals surface area contributed by atoms with Crippen LogP contribution in [0.1, 0.15) is 6.92 Å². The van der Waals surface area contributed by atoms with Crippen LogP contribution in [0.4, 0.5) is 0 Å². The van der Waals surface area contributed by atoms with Crippen molar-refractivity contribution < 1.29 is 9.15 Å². The zero-order valence-electron chi connectivity index (χ0n) is 19.1. The second-order valence-electron chi connectivity index (χ2n) is 8.09. The molecule has 34 heavy (non-hydrogen) atoms. The van der Waals surface area contributed by atoms with Crippen LogP contribution in [0.2, 0.25) is 0 Å². The van der Waals surface area contributed by atoms with E-state index in [2.05, 4.69) is 78.4 Å². The van der Waals surface area contributed by atoms with Gasteiger partial charge in [0.25, 0.3) is 0 Å². The van der Waals surface area contributed by atoms with Crippen LogP contribution in [-0.2, 0) is 0 Å². The van der Waals surface area contributed by atoms with Crippen molar-refractivity contribution in [3.8, 4) is 17.2 Å². The van der Waals surface area contributed by atoms with Gasteiger partial charge in [-0.05, 0) is 43.3 Å². The molecule has 1 heterocycles. The molecule has 0 saturated heterocycles. The Morgan fingerprint density at radius 1 is 0.765 bits per heavy atom. The Hall–Kier alpha value is -3.75. The van der Waals surface area contributed by atoms with Gasteiger partial charge in [0.2, 0.25) is 0 Å². The standard InChI is InChI=1S/C29H25NO3P/c1-3-32-29-30-25-19-12-18-24(27(25)28(31)33-29)23-17-10-11-20-26(23)34(2,21-13-6-4-7-14-21)22-15-8-5-9-16-22/h4-20H,3H2,1-2H3/q+1. The van der Waals surface area contributed by atoms with Gasteiger partial charge >= 0.3 is 11.7 Å². The molecule has 4 nitrogen and oxygen atoms in total. The Kier molecular flexibility index (Phi) is 6.00. The molecule has 0 aliphatic heterocycles. The van der Waals surface area contributed by atoms with E-state index in [0.29, 0.717) is 17.5 Å². The van der Waals surface area contributed by atoms with E-state index in [-0.39, 0.29) is 6.08 Å². The third kappa shape index (κ3) is 3.81. The molecule has 0 spiro atoms. The van der Waals surface area contributed by atoms with Crippen molar-refractivity contribution in [2.45, 2.75) is 6.92 Å². The largest absolute Gasteiger partial charge is 0.450 e. The van der Waals surface area contributed by atoms with Crippen molar-refractivity contribution in [1.29, 1.82) is 0 Å². The highest BCUT2D eigenvalue weighted by molar-refractivity contribution is 7.95. The molecule has 0 unspecified atom stereocenters. The maximum atomic E-state index is 13.1. The molecule has 168 valence electrons. The molecule has 0 aliphatic rings. The summed E-state index contributed by atoms with van der Waals surface area (Å²) in [6.07, 6.45) is -0.00338. The van der Waals surface area contributed by atoms with Gasteiger partial charge in [-0.25, -0.2) is 4.79 Å². The summed E-state index contributed by atoms with van der Waals surface area (Å²) in [4.78, 5) is 17.5. The summed E-state index contributed by atoms with van der Waals surface area (Å²) >= 11 is 0. The average molecular weight is 466 g/mol. The Labute approximate surface area is 199 Å². The van der Waals surface area contributed by atoms with Gasteiger partial charge < -0.3 is 9.15 Å². The van der Waals surface area contributed by atoms with Gasteiger partial charge in [0.05, 0.1) is 24.2 Å². The number of benzene rings is 4. The van der Waals surface area contributed by atoms with Crippen LogP contribution >= 0.6 is 7.26 Å². The van der Waals surface area contributed by atoms with E-state index >= 15 is 0 Å². The second kappa shape index (κ2) is 9.24. The van der Waals surface area contributed by atoms with Crippen LogP contribution in [-0.4, -0.2) is 18.3 Å². The summed E-state index contributed by atoms with van der Waals surface area (Å²) in [5, 5.41) is 4.22. The fourth-order valence-electron chi connectivity index (χ4n) is 4.48. The SMILES string of the molecule is CCOc1nc2cccc(-c3ccccc3[P+](C)(c3ccccc3)c3ccccc3)c2c(=O)o1. The zero-order valence-corrected chi connectivity index (χ0v) is 20.0. The first-order chi connectivity index (χ1) is 16.6. The van der Waals surface area contributed by atoms with E-state index in [4.69, 9.17) is 9.15 Å². The first kappa shape index (κ1) is 22.1. The number of ether oxygens (including phenoxy) is 1. The van der Waals surface area contributed by atoms with E-state index in [0.717, 1.165) is 11.1 Å². The molecular weight excluding hydrogens is 441 g/mol. The van der Waals surface area contributed by atoms with Crippen molar-refractivity contribution in [1.82, 2.24) is 4.98 Å². The lowest BCUT2D eigenvalue weighted by molar-refractivity contribution is 0.229. The molecule has 1 aromatic heterocycles. The van der Waals surface area contributed by atoms with Gasteiger partial charge in [0, 0.05) is 11.1 Å². The first-order valence-electron chi connectivity index (χ1n) is 11.3. The molecule has 0 atom stereocenters. The summed E-state index contributed by atoms with van der Waals surface area (Å²) in [7, 11) is -2.02. The number of aromatic nitrogens is 1. The highest BCUT2D eigenvalue weighted by Crippen LogP contribution is 2.53. The van der Waals surface area contributed by atoms with Gasteiger partial charge in [0.15, 0.2) is 0 Å². The predicted octanol–water partition coefficient (Wildman–Crippen LogP) is 5.18. The number of nitrogens with zero attached hydrogens (tertiary/aromatic N) is 1. The van der Waals surface area contributed by atoms with Crippen LogP contribution in [0.5, 0.6) is 6.08 Å². The zero-order chi connectivity index (χ0) is 23.5. The van der Waals surface area contributed by atoms with Crippen LogP contribution in [0.15, 0.2) is 112 Å². The summed E-state index contributed by atoms with van der Waals surface area (Å²) in [6, 6.07) is 35.3. The summed E-state index contributed by atoms with van der Waals surface area (Å²) < 4.78 is 10.8. The summed E-state index contributed by atoms with van der Waals surface area (Å²) in [5.74, 6) is 0. The Balaban J connectivity index is 1.81. The van der Waals surface area contributed by atoms with Crippen LogP contribution in [0, 0.1) is 0 Å². The molecule has 0 amide bonds. The van der Waals surface area contributed by atoms with Gasteiger partial charge in [-0.15, -0.1) is 0 Å². The van der Waals surface area contributed by atoms with Crippen molar-refractivity contribution in [3.05, 3.63) is 114 Å². The normalized spacial score (nSPS) is 11.5. The Morgan fingerprint density at radius 3 is 2.00 bits per heavy atom. The lowest BCUT2D eigenvalue weighted by atomic mass is 10.0. The second-order valence-corrected chi connectivity index (χ2v) is 11.6. The van der Waals surface area contributed by atoms with Gasteiger partial charge in [-0.2, -0.15) is 4.98 Å². The monoisotopic (exact) mass is 466 g/mol. The predicted molar refractivity (Wildman–Crippen MR) is 142 cm³/mol. The first-order valence-corrected chi connectivity index (χ1v) is 13.5. The minimum Gasteiger partial charge on any atom is -0.450 e. The van der Waals surface area contributed by atoms with Crippen LogP contribution in [0.3, 0.4) is 0 Å². The fourth-order valence-corrected chi connectivity index (χ4v) is 7.93. The quantitative estimate of drug-likeness (QED) is 0.324.